The highest BCUT2D eigenvalue weighted by atomic mass is 79.9. The van der Waals surface area contributed by atoms with E-state index in [0.717, 1.165) is 22.2 Å². The van der Waals surface area contributed by atoms with Gasteiger partial charge in [-0.05, 0) is 23.8 Å². The van der Waals surface area contributed by atoms with Gasteiger partial charge in [-0.15, -0.1) is 5.10 Å². The minimum Gasteiger partial charge on any atom is -0.488 e. The number of carbonyl (C=O) groups is 1. The summed E-state index contributed by atoms with van der Waals surface area (Å²) < 4.78 is 8.35. The number of aromatic nitrogens is 3. The summed E-state index contributed by atoms with van der Waals surface area (Å²) in [5.74, 6) is -0.280. The van der Waals surface area contributed by atoms with Crippen molar-refractivity contribution in [2.24, 2.45) is 5.73 Å². The second kappa shape index (κ2) is 5.45. The average molecular weight is 353 g/mol. The smallest absolute Gasteiger partial charge is 0.358 e. The van der Waals surface area contributed by atoms with Gasteiger partial charge in [0.2, 0.25) is 0 Å². The molecule has 0 fully saturated rings. The van der Waals surface area contributed by atoms with Crippen LogP contribution in [-0.4, -0.2) is 32.2 Å². The van der Waals surface area contributed by atoms with Crippen LogP contribution in [0.5, 0.6) is 5.75 Å². The first-order valence-electron chi connectivity index (χ1n) is 6.39. The van der Waals surface area contributed by atoms with Gasteiger partial charge in [0.15, 0.2) is 5.69 Å². The van der Waals surface area contributed by atoms with Crippen molar-refractivity contribution in [3.05, 3.63) is 39.6 Å². The van der Waals surface area contributed by atoms with E-state index in [1.54, 1.807) is 0 Å². The molecule has 1 aliphatic rings. The van der Waals surface area contributed by atoms with E-state index < -0.39 is 5.97 Å². The van der Waals surface area contributed by atoms with Crippen molar-refractivity contribution in [2.45, 2.75) is 25.6 Å². The Morgan fingerprint density at radius 3 is 3.10 bits per heavy atom. The zero-order valence-corrected chi connectivity index (χ0v) is 12.6. The molecule has 110 valence electrons. The lowest BCUT2D eigenvalue weighted by molar-refractivity contribution is 0.0689. The van der Waals surface area contributed by atoms with Crippen molar-refractivity contribution in [3.8, 4) is 5.75 Å². The number of aromatic carboxylic acids is 1. The Balaban J connectivity index is 1.79. The van der Waals surface area contributed by atoms with Crippen LogP contribution in [-0.2, 0) is 19.5 Å². The maximum absolute atomic E-state index is 11.0. The van der Waals surface area contributed by atoms with Crippen molar-refractivity contribution in [1.82, 2.24) is 15.0 Å². The summed E-state index contributed by atoms with van der Waals surface area (Å²) in [7, 11) is 0. The molecule has 0 spiro atoms. The van der Waals surface area contributed by atoms with Gasteiger partial charge in [-0.2, -0.15) is 0 Å². The fourth-order valence-electron chi connectivity index (χ4n) is 2.43. The van der Waals surface area contributed by atoms with E-state index in [-0.39, 0.29) is 18.3 Å². The first-order valence-corrected chi connectivity index (χ1v) is 7.18. The van der Waals surface area contributed by atoms with E-state index >= 15 is 0 Å². The summed E-state index contributed by atoms with van der Waals surface area (Å²) in [6.07, 6.45) is 0.629. The van der Waals surface area contributed by atoms with Crippen LogP contribution in [0.1, 0.15) is 21.7 Å². The van der Waals surface area contributed by atoms with Gasteiger partial charge in [0, 0.05) is 17.4 Å². The van der Waals surface area contributed by atoms with Gasteiger partial charge in [0.25, 0.3) is 0 Å². The van der Waals surface area contributed by atoms with Gasteiger partial charge in [0.1, 0.15) is 11.9 Å². The number of nitrogens with two attached hydrogens (primary N) is 1. The highest BCUT2D eigenvalue weighted by molar-refractivity contribution is 9.10. The number of hydrogen-bond acceptors (Lipinski definition) is 5. The molecule has 7 nitrogen and oxygen atoms in total. The largest absolute Gasteiger partial charge is 0.488 e. The molecule has 8 heteroatoms. The fraction of sp³-hybridized carbons (Fsp3) is 0.308. The zero-order chi connectivity index (χ0) is 15.0. The molecule has 2 aromatic rings. The summed E-state index contributed by atoms with van der Waals surface area (Å²) in [4.78, 5) is 11.0. The average Bonchev–Trinajstić information content (AvgIpc) is 3.01. The van der Waals surface area contributed by atoms with Crippen molar-refractivity contribution >= 4 is 21.9 Å². The zero-order valence-electron chi connectivity index (χ0n) is 11.0. The van der Waals surface area contributed by atoms with Crippen LogP contribution in [0.2, 0.25) is 0 Å². The molecule has 0 amide bonds. The first kappa shape index (κ1) is 14.0. The van der Waals surface area contributed by atoms with Gasteiger partial charge < -0.3 is 15.6 Å². The third-order valence-electron chi connectivity index (χ3n) is 3.37. The second-order valence-electron chi connectivity index (χ2n) is 4.77. The van der Waals surface area contributed by atoms with E-state index in [4.69, 9.17) is 15.6 Å². The molecule has 1 unspecified atom stereocenters. The summed E-state index contributed by atoms with van der Waals surface area (Å²) in [5, 5.41) is 16.6. The Morgan fingerprint density at radius 2 is 2.38 bits per heavy atom. The normalized spacial score (nSPS) is 16.6. The Morgan fingerprint density at radius 1 is 1.57 bits per heavy atom. The molecule has 0 bridgehead atoms. The van der Waals surface area contributed by atoms with Gasteiger partial charge in [-0.1, -0.05) is 21.1 Å². The number of fused-ring (bicyclic) bond motifs is 1. The van der Waals surface area contributed by atoms with E-state index in [2.05, 4.69) is 26.2 Å². The van der Waals surface area contributed by atoms with Gasteiger partial charge >= 0.3 is 5.97 Å². The number of carboxylic acids is 1. The summed E-state index contributed by atoms with van der Waals surface area (Å²) >= 11 is 3.43. The molecule has 0 saturated carbocycles. The molecular formula is C13H13BrN4O3. The third-order valence-corrected chi connectivity index (χ3v) is 3.87. The molecule has 2 heterocycles. The number of nitrogens with zero attached hydrogens (tertiary/aromatic N) is 3. The minimum atomic E-state index is -1.12. The lowest BCUT2D eigenvalue weighted by Gasteiger charge is -2.12. The maximum atomic E-state index is 11.0. The van der Waals surface area contributed by atoms with Crippen LogP contribution < -0.4 is 10.5 Å². The standard InChI is InChI=1S/C13H13BrN4O3/c14-8-1-2-11-7(3-8)4-9(21-11)6-18-10(5-15)12(13(19)20)16-17-18/h1-3,9H,4-6,15H2,(H,19,20). The van der Waals surface area contributed by atoms with Crippen molar-refractivity contribution in [1.29, 1.82) is 0 Å². The molecule has 21 heavy (non-hydrogen) atoms. The van der Waals surface area contributed by atoms with Crippen molar-refractivity contribution in [3.63, 3.8) is 0 Å². The second-order valence-corrected chi connectivity index (χ2v) is 5.69. The molecule has 3 N–H and O–H groups in total. The lowest BCUT2D eigenvalue weighted by atomic mass is 10.1. The molecule has 0 aliphatic carbocycles. The minimum absolute atomic E-state index is 0.0693. The summed E-state index contributed by atoms with van der Waals surface area (Å²) in [6.45, 7) is 0.485. The van der Waals surface area contributed by atoms with Crippen LogP contribution in [0.15, 0.2) is 22.7 Å². The van der Waals surface area contributed by atoms with Crippen molar-refractivity contribution < 1.29 is 14.6 Å². The predicted octanol–water partition coefficient (Wildman–Crippen LogP) is 1.20. The molecule has 0 saturated heterocycles. The van der Waals surface area contributed by atoms with E-state index in [9.17, 15) is 4.79 Å². The number of ether oxygens (including phenoxy) is 1. The Bertz CT molecular complexity index is 701. The Labute approximate surface area is 128 Å². The highest BCUT2D eigenvalue weighted by Crippen LogP contribution is 2.31. The number of rotatable bonds is 4. The molecular weight excluding hydrogens is 340 g/mol. The van der Waals surface area contributed by atoms with Crippen LogP contribution in [0, 0.1) is 0 Å². The predicted molar refractivity (Wildman–Crippen MR) is 77.1 cm³/mol. The van der Waals surface area contributed by atoms with E-state index in [1.165, 1.54) is 4.68 Å². The quantitative estimate of drug-likeness (QED) is 0.856. The topological polar surface area (TPSA) is 103 Å². The number of hydrogen-bond donors (Lipinski definition) is 2. The monoisotopic (exact) mass is 352 g/mol. The van der Waals surface area contributed by atoms with Crippen LogP contribution in [0.25, 0.3) is 0 Å². The van der Waals surface area contributed by atoms with E-state index in [0.29, 0.717) is 12.2 Å². The molecule has 0 radical (unpaired) electrons. The number of carboxylic acid groups (broad SMARTS) is 1. The van der Waals surface area contributed by atoms with Gasteiger partial charge in [-0.3, -0.25) is 0 Å². The molecule has 3 rings (SSSR count). The lowest BCUT2D eigenvalue weighted by Crippen LogP contribution is -2.24. The van der Waals surface area contributed by atoms with Gasteiger partial charge in [0.05, 0.1) is 12.2 Å². The Hall–Kier alpha value is -1.93. The van der Waals surface area contributed by atoms with Crippen LogP contribution >= 0.6 is 15.9 Å². The van der Waals surface area contributed by atoms with E-state index in [1.807, 2.05) is 18.2 Å². The number of halogens is 1. The van der Waals surface area contributed by atoms with Crippen molar-refractivity contribution in [2.75, 3.05) is 0 Å². The maximum Gasteiger partial charge on any atom is 0.358 e. The van der Waals surface area contributed by atoms with Crippen LogP contribution in [0.3, 0.4) is 0 Å². The number of benzene rings is 1. The SMILES string of the molecule is NCc1c(C(=O)O)nnn1CC1Cc2cc(Br)ccc2O1. The molecule has 1 atom stereocenters. The highest BCUT2D eigenvalue weighted by Gasteiger charge is 2.26. The van der Waals surface area contributed by atoms with Crippen LogP contribution in [0.4, 0.5) is 0 Å². The Kier molecular flexibility index (Phi) is 3.64. The molecule has 1 aromatic carbocycles. The fourth-order valence-corrected chi connectivity index (χ4v) is 2.84. The third kappa shape index (κ3) is 2.64. The summed E-state index contributed by atoms with van der Waals surface area (Å²) in [5.41, 5.74) is 7.02. The molecule has 1 aromatic heterocycles. The molecule has 1 aliphatic heterocycles. The summed E-state index contributed by atoms with van der Waals surface area (Å²) in [6, 6.07) is 5.85. The first-order chi connectivity index (χ1) is 10.1. The van der Waals surface area contributed by atoms with Gasteiger partial charge in [-0.25, -0.2) is 9.48 Å².